The molecular formula is C9H9AlO9. The van der Waals surface area contributed by atoms with Crippen LogP contribution in [-0.2, 0) is 40.1 Å². The van der Waals surface area contributed by atoms with Gasteiger partial charge < -0.3 is 25.7 Å². The summed E-state index contributed by atoms with van der Waals surface area (Å²) in [7, 11) is 0. The van der Waals surface area contributed by atoms with Gasteiger partial charge in [-0.25, -0.2) is 0 Å². The van der Waals surface area contributed by atoms with Crippen LogP contribution >= 0.6 is 0 Å². The Kier molecular flexibility index (Phi) is 8.86. The van der Waals surface area contributed by atoms with Gasteiger partial charge in [-0.05, 0) is 0 Å². The molecule has 10 heteroatoms. The van der Waals surface area contributed by atoms with E-state index in [9.17, 15) is 28.8 Å². The van der Waals surface area contributed by atoms with Gasteiger partial charge in [-0.2, -0.15) is 0 Å². The highest BCUT2D eigenvalue weighted by Crippen LogP contribution is 1.99. The highest BCUT2D eigenvalue weighted by Gasteiger charge is 2.48. The fourth-order valence-electron chi connectivity index (χ4n) is 0.743. The molecule has 0 aromatic heterocycles. The molecule has 0 saturated heterocycles. The summed E-state index contributed by atoms with van der Waals surface area (Å²) in [4.78, 5) is 63.1. The first-order chi connectivity index (χ1) is 9.03. The molecule has 0 fully saturated rings. The summed E-state index contributed by atoms with van der Waals surface area (Å²) in [6.07, 6.45) is -1.10. The second kappa shape index (κ2) is 9.93. The van der Waals surface area contributed by atoms with Crippen LogP contribution in [0.3, 0.4) is 0 Å². The standard InChI is InChI=1S/3C3H4O3.Al/c3*4-2-1-3(5)6;/h3*2H,1H2,(H,5,6);/q;;;+3/p-3. The molecule has 0 rings (SSSR count). The maximum atomic E-state index is 11.0. The third kappa shape index (κ3) is 8.65. The topological polar surface area (TPSA) is 130 Å². The highest BCUT2D eigenvalue weighted by atomic mass is 27.3. The lowest BCUT2D eigenvalue weighted by Crippen LogP contribution is -2.35. The predicted octanol–water partition coefficient (Wildman–Crippen LogP) is -1.63. The van der Waals surface area contributed by atoms with Gasteiger partial charge in [0.2, 0.25) is 0 Å². The van der Waals surface area contributed by atoms with E-state index in [1.807, 2.05) is 0 Å². The smallest absolute Gasteiger partial charge is 0.550 e. The molecule has 0 aromatic rings. The normalized spacial score (nSPS) is 8.84. The lowest BCUT2D eigenvalue weighted by Gasteiger charge is -2.11. The van der Waals surface area contributed by atoms with Crippen molar-refractivity contribution in [2.24, 2.45) is 0 Å². The zero-order chi connectivity index (χ0) is 14.7. The van der Waals surface area contributed by atoms with E-state index >= 15 is 0 Å². The van der Waals surface area contributed by atoms with E-state index < -0.39 is 52.3 Å². The number of aldehydes is 3. The van der Waals surface area contributed by atoms with Crippen LogP contribution in [0.15, 0.2) is 0 Å². The van der Waals surface area contributed by atoms with E-state index in [4.69, 9.17) is 0 Å². The molecule has 0 atom stereocenters. The maximum Gasteiger partial charge on any atom is 1.20 e. The predicted molar refractivity (Wildman–Crippen MR) is 56.1 cm³/mol. The molecule has 0 spiro atoms. The van der Waals surface area contributed by atoms with Crippen molar-refractivity contribution in [1.82, 2.24) is 0 Å². The average molecular weight is 288 g/mol. The zero-order valence-corrected chi connectivity index (χ0v) is 10.8. The average Bonchev–Trinajstić information content (AvgIpc) is 2.29. The monoisotopic (exact) mass is 288 g/mol. The van der Waals surface area contributed by atoms with E-state index in [0.717, 1.165) is 0 Å². The largest absolute Gasteiger partial charge is 1.20 e. The van der Waals surface area contributed by atoms with Gasteiger partial charge in [0.05, 0.1) is 19.3 Å². The Balaban J connectivity index is 4.52. The maximum absolute atomic E-state index is 11.0. The number of hydrogen-bond donors (Lipinski definition) is 0. The van der Waals surface area contributed by atoms with Gasteiger partial charge in [-0.3, -0.25) is 14.4 Å². The van der Waals surface area contributed by atoms with Crippen molar-refractivity contribution in [3.8, 4) is 0 Å². The molecule has 0 saturated carbocycles. The second-order valence-corrected chi connectivity index (χ2v) is 4.16. The fourth-order valence-corrected chi connectivity index (χ4v) is 1.82. The van der Waals surface area contributed by atoms with Gasteiger partial charge in [0.25, 0.3) is 17.9 Å². The summed E-state index contributed by atoms with van der Waals surface area (Å²) in [6.45, 7) is 0. The first-order valence-corrected chi connectivity index (χ1v) is 6.34. The Bertz CT molecular complexity index is 321. The summed E-state index contributed by atoms with van der Waals surface area (Å²) in [6, 6.07) is 0. The van der Waals surface area contributed by atoms with E-state index in [1.165, 1.54) is 0 Å². The van der Waals surface area contributed by atoms with E-state index in [2.05, 4.69) is 11.4 Å². The molecule has 9 nitrogen and oxygen atoms in total. The molecule has 0 aliphatic rings. The van der Waals surface area contributed by atoms with Crippen LogP contribution in [0.5, 0.6) is 0 Å². The van der Waals surface area contributed by atoms with Crippen LogP contribution in [0, 0.1) is 0 Å². The van der Waals surface area contributed by atoms with Crippen LogP contribution in [0.4, 0.5) is 0 Å². The van der Waals surface area contributed by atoms with Crippen molar-refractivity contribution in [2.45, 2.75) is 19.3 Å². The molecule has 0 amide bonds. The quantitative estimate of drug-likeness (QED) is 0.278. The van der Waals surface area contributed by atoms with E-state index in [-0.39, 0.29) is 18.9 Å². The van der Waals surface area contributed by atoms with Gasteiger partial charge in [-0.1, -0.05) is 0 Å². The number of carbonyl (C=O) groups is 6. The summed E-state index contributed by atoms with van der Waals surface area (Å²) >= 11 is -3.53. The summed E-state index contributed by atoms with van der Waals surface area (Å²) in [5, 5.41) is 0. The minimum atomic E-state index is -3.53. The molecule has 0 aromatic carbocycles. The Morgan fingerprint density at radius 3 is 1.16 bits per heavy atom. The molecule has 0 N–H and O–H groups in total. The van der Waals surface area contributed by atoms with E-state index in [1.54, 1.807) is 0 Å². The van der Waals surface area contributed by atoms with Crippen molar-refractivity contribution < 1.29 is 40.1 Å². The molecule has 19 heavy (non-hydrogen) atoms. The summed E-state index contributed by atoms with van der Waals surface area (Å²) in [5.74, 6) is -3.15. The van der Waals surface area contributed by atoms with Crippen molar-refractivity contribution in [3.63, 3.8) is 0 Å². The first kappa shape index (κ1) is 17.0. The molecule has 0 aliphatic heterocycles. The highest BCUT2D eigenvalue weighted by molar-refractivity contribution is 6.44. The Labute approximate surface area is 112 Å². The molecule has 0 unspecified atom stereocenters. The van der Waals surface area contributed by atoms with Crippen molar-refractivity contribution in [2.75, 3.05) is 0 Å². The minimum absolute atomic E-state index is 0.244. The van der Waals surface area contributed by atoms with Crippen LogP contribution in [0.2, 0.25) is 0 Å². The lowest BCUT2D eigenvalue weighted by molar-refractivity contribution is -0.147. The molecular weight excluding hydrogens is 279 g/mol. The van der Waals surface area contributed by atoms with Gasteiger partial charge >= 0.3 is 15.1 Å². The van der Waals surface area contributed by atoms with Gasteiger partial charge in [0, 0.05) is 0 Å². The van der Waals surface area contributed by atoms with Gasteiger partial charge in [0.15, 0.2) is 0 Å². The molecule has 102 valence electrons. The SMILES string of the molecule is O=CCC(=O)[O][Al]([O]C(=O)CC=O)[O]C(=O)CC=O. The molecule has 0 aliphatic carbocycles. The van der Waals surface area contributed by atoms with Crippen LogP contribution in [-0.4, -0.2) is 51.9 Å². The fraction of sp³-hybridized carbons (Fsp3) is 0.333. The van der Waals surface area contributed by atoms with Gasteiger partial charge in [0.1, 0.15) is 18.9 Å². The Hall–Kier alpha value is -2.05. The molecule has 0 bridgehead atoms. The van der Waals surface area contributed by atoms with Crippen LogP contribution in [0.1, 0.15) is 19.3 Å². The van der Waals surface area contributed by atoms with Crippen molar-refractivity contribution in [1.29, 1.82) is 0 Å². The summed E-state index contributed by atoms with van der Waals surface area (Å²) in [5.41, 5.74) is 0. The number of rotatable bonds is 9. The number of carbonyl (C=O) groups excluding carboxylic acids is 6. The lowest BCUT2D eigenvalue weighted by atomic mass is 10.5. The first-order valence-electron chi connectivity index (χ1n) is 4.92. The van der Waals surface area contributed by atoms with Gasteiger partial charge in [-0.15, -0.1) is 0 Å². The number of hydrogen-bond acceptors (Lipinski definition) is 9. The molecule has 0 radical (unpaired) electrons. The Morgan fingerprint density at radius 1 is 0.684 bits per heavy atom. The van der Waals surface area contributed by atoms with Crippen molar-refractivity contribution in [3.05, 3.63) is 0 Å². The summed E-state index contributed by atoms with van der Waals surface area (Å²) < 4.78 is 13.4. The minimum Gasteiger partial charge on any atom is -0.550 e. The van der Waals surface area contributed by atoms with Crippen LogP contribution < -0.4 is 0 Å². The molecule has 0 heterocycles. The van der Waals surface area contributed by atoms with Crippen molar-refractivity contribution >= 4 is 51.9 Å². The Morgan fingerprint density at radius 2 is 0.947 bits per heavy atom. The second-order valence-electron chi connectivity index (χ2n) is 2.87. The zero-order valence-electron chi connectivity index (χ0n) is 9.60. The van der Waals surface area contributed by atoms with Crippen LogP contribution in [0.25, 0.3) is 0 Å². The third-order valence-electron chi connectivity index (χ3n) is 1.43. The third-order valence-corrected chi connectivity index (χ3v) is 2.80. The van der Waals surface area contributed by atoms with E-state index in [0.29, 0.717) is 0 Å².